The normalized spacial score (nSPS) is 15.0. The number of hydrogen-bond acceptors (Lipinski definition) is 7. The summed E-state index contributed by atoms with van der Waals surface area (Å²) in [5.41, 5.74) is 6.88. The summed E-state index contributed by atoms with van der Waals surface area (Å²) < 4.78 is 16.5. The van der Waals surface area contributed by atoms with Gasteiger partial charge in [0.25, 0.3) is 5.91 Å². The summed E-state index contributed by atoms with van der Waals surface area (Å²) in [5.74, 6) is 0.831. The van der Waals surface area contributed by atoms with Crippen molar-refractivity contribution in [3.8, 4) is 5.75 Å². The third-order valence-corrected chi connectivity index (χ3v) is 6.60. The molecule has 37 heavy (non-hydrogen) atoms. The van der Waals surface area contributed by atoms with E-state index in [-0.39, 0.29) is 35.8 Å². The monoisotopic (exact) mass is 545 g/mol. The minimum atomic E-state index is -0.688. The van der Waals surface area contributed by atoms with Crippen LogP contribution in [0.2, 0.25) is 0 Å². The highest BCUT2D eigenvalue weighted by Gasteiger charge is 2.26. The summed E-state index contributed by atoms with van der Waals surface area (Å²) in [6.45, 7) is 13.3. The Morgan fingerprint density at radius 1 is 1.05 bits per heavy atom. The van der Waals surface area contributed by atoms with Crippen LogP contribution in [0.15, 0.2) is 24.3 Å². The maximum absolute atomic E-state index is 12.9. The number of carbonyl (C=O) groups is 1. The number of ether oxygens (including phenoxy) is 3. The zero-order chi connectivity index (χ0) is 27.1. The number of methoxy groups -OCH3 is 2. The predicted octanol–water partition coefficient (Wildman–Crippen LogP) is 3.64. The molecule has 0 radical (unpaired) electrons. The van der Waals surface area contributed by atoms with E-state index < -0.39 is 12.1 Å². The van der Waals surface area contributed by atoms with E-state index in [0.717, 1.165) is 12.8 Å². The van der Waals surface area contributed by atoms with Crippen LogP contribution in [0.1, 0.15) is 64.2 Å². The first-order valence-corrected chi connectivity index (χ1v) is 13.2. The van der Waals surface area contributed by atoms with E-state index in [1.165, 1.54) is 0 Å². The van der Waals surface area contributed by atoms with Gasteiger partial charge in [0.15, 0.2) is 0 Å². The molecule has 0 saturated heterocycles. The zero-order valence-electron chi connectivity index (χ0n) is 23.9. The van der Waals surface area contributed by atoms with E-state index in [4.69, 9.17) is 19.9 Å². The van der Waals surface area contributed by atoms with Gasteiger partial charge in [0, 0.05) is 46.5 Å². The number of para-hydroxylation sites is 1. The maximum Gasteiger partial charge on any atom is 0.255 e. The minimum Gasteiger partial charge on any atom is -0.493 e. The van der Waals surface area contributed by atoms with Crippen molar-refractivity contribution in [1.82, 2.24) is 10.6 Å². The molecule has 9 heteroatoms. The van der Waals surface area contributed by atoms with Crippen LogP contribution in [0.4, 0.5) is 0 Å². The quantitative estimate of drug-likeness (QED) is 0.208. The number of amides is 1. The van der Waals surface area contributed by atoms with Gasteiger partial charge in [-0.2, -0.15) is 0 Å². The molecular formula is C28H52ClN3O5. The first-order valence-electron chi connectivity index (χ1n) is 13.2. The van der Waals surface area contributed by atoms with Crippen LogP contribution in [0.5, 0.6) is 5.75 Å². The third-order valence-electron chi connectivity index (χ3n) is 6.60. The van der Waals surface area contributed by atoms with Crippen molar-refractivity contribution in [2.45, 2.75) is 72.1 Å². The fourth-order valence-corrected chi connectivity index (χ4v) is 3.98. The molecule has 0 fully saturated rings. The number of aliphatic hydroxyl groups excluding tert-OH is 1. The lowest BCUT2D eigenvalue weighted by molar-refractivity contribution is 0.0145. The number of aliphatic hydroxyl groups is 1. The van der Waals surface area contributed by atoms with Crippen LogP contribution in [0.25, 0.3) is 0 Å². The van der Waals surface area contributed by atoms with E-state index in [1.54, 1.807) is 20.3 Å². The number of benzene rings is 1. The van der Waals surface area contributed by atoms with E-state index in [1.807, 2.05) is 18.2 Å². The van der Waals surface area contributed by atoms with E-state index >= 15 is 0 Å². The van der Waals surface area contributed by atoms with Crippen molar-refractivity contribution in [2.24, 2.45) is 23.0 Å². The molecule has 0 saturated carbocycles. The largest absolute Gasteiger partial charge is 0.493 e. The Bertz CT molecular complexity index is 745. The van der Waals surface area contributed by atoms with Crippen molar-refractivity contribution < 1.29 is 24.1 Å². The lowest BCUT2D eigenvalue weighted by atomic mass is 9.87. The first-order chi connectivity index (χ1) is 17.0. The molecule has 0 aliphatic carbocycles. The Morgan fingerprint density at radius 3 is 2.30 bits per heavy atom. The Labute approximate surface area is 230 Å². The van der Waals surface area contributed by atoms with Gasteiger partial charge in [-0.25, -0.2) is 0 Å². The van der Waals surface area contributed by atoms with E-state index in [0.29, 0.717) is 56.5 Å². The van der Waals surface area contributed by atoms with Crippen LogP contribution in [0, 0.1) is 17.3 Å². The van der Waals surface area contributed by atoms with Gasteiger partial charge in [-0.15, -0.1) is 12.4 Å². The molecule has 1 amide bonds. The second-order valence-corrected chi connectivity index (χ2v) is 11.0. The van der Waals surface area contributed by atoms with E-state index in [2.05, 4.69) is 45.3 Å². The number of halogens is 1. The molecule has 4 atom stereocenters. The first kappa shape index (κ1) is 35.6. The lowest BCUT2D eigenvalue weighted by Gasteiger charge is -2.31. The average Bonchev–Trinajstić information content (AvgIpc) is 2.83. The highest BCUT2D eigenvalue weighted by Crippen LogP contribution is 2.22. The summed E-state index contributed by atoms with van der Waals surface area (Å²) in [7, 11) is 3.38. The highest BCUT2D eigenvalue weighted by atomic mass is 35.5. The summed E-state index contributed by atoms with van der Waals surface area (Å²) in [5, 5.41) is 17.0. The van der Waals surface area contributed by atoms with Gasteiger partial charge in [0.2, 0.25) is 0 Å². The number of unbranched alkanes of at least 4 members (excludes halogenated alkanes) is 1. The molecule has 0 aromatic heterocycles. The van der Waals surface area contributed by atoms with Gasteiger partial charge in [-0.1, -0.05) is 46.8 Å². The zero-order valence-corrected chi connectivity index (χ0v) is 24.7. The fraction of sp³-hybridized carbons (Fsp3) is 0.750. The molecule has 216 valence electrons. The topological polar surface area (TPSA) is 115 Å². The van der Waals surface area contributed by atoms with Crippen molar-refractivity contribution in [1.29, 1.82) is 0 Å². The molecule has 0 aliphatic heterocycles. The van der Waals surface area contributed by atoms with Crippen LogP contribution < -0.4 is 21.1 Å². The molecule has 1 aromatic rings. The third kappa shape index (κ3) is 13.8. The smallest absolute Gasteiger partial charge is 0.255 e. The second kappa shape index (κ2) is 18.8. The van der Waals surface area contributed by atoms with Gasteiger partial charge in [0.05, 0.1) is 24.4 Å². The molecular weight excluding hydrogens is 494 g/mol. The minimum absolute atomic E-state index is 0. The molecule has 1 aromatic carbocycles. The summed E-state index contributed by atoms with van der Waals surface area (Å²) in [6, 6.07) is 6.89. The summed E-state index contributed by atoms with van der Waals surface area (Å²) in [6.07, 6.45) is 1.72. The lowest BCUT2D eigenvalue weighted by Crippen LogP contribution is -2.47. The van der Waals surface area contributed by atoms with Crippen LogP contribution >= 0.6 is 12.4 Å². The Hall–Kier alpha value is -1.42. The van der Waals surface area contributed by atoms with Gasteiger partial charge >= 0.3 is 0 Å². The molecule has 8 nitrogen and oxygen atoms in total. The number of hydrogen-bond donors (Lipinski definition) is 4. The van der Waals surface area contributed by atoms with Crippen molar-refractivity contribution in [3.63, 3.8) is 0 Å². The Balaban J connectivity index is 0.0000130. The van der Waals surface area contributed by atoms with E-state index in [9.17, 15) is 9.90 Å². The predicted molar refractivity (Wildman–Crippen MR) is 153 cm³/mol. The Morgan fingerprint density at radius 2 is 1.70 bits per heavy atom. The fourth-order valence-electron chi connectivity index (χ4n) is 3.98. The molecule has 3 unspecified atom stereocenters. The standard InChI is InChI=1S/C28H51N3O5.ClH/c1-20(2)21(16-23(29)24(32)18-30-19-26(35-7)28(3,4)5)17-31-27(33)22-12-8-9-13-25(22)36-15-11-10-14-34-6;/h8-9,12-13,20-21,23-24,26,30,32H,10-11,14-19,29H2,1-7H3,(H,31,33);1H/t21?,23?,24?,26-;/m1./s1. The molecule has 0 bridgehead atoms. The number of nitrogens with one attached hydrogen (secondary N) is 2. The number of carbonyl (C=O) groups excluding carboxylic acids is 1. The van der Waals surface area contributed by atoms with Crippen molar-refractivity contribution >= 4 is 18.3 Å². The maximum atomic E-state index is 12.9. The number of nitrogens with two attached hydrogens (primary N) is 1. The van der Waals surface area contributed by atoms with Crippen LogP contribution in [0.3, 0.4) is 0 Å². The molecule has 0 heterocycles. The molecule has 5 N–H and O–H groups in total. The van der Waals surface area contributed by atoms with Crippen molar-refractivity contribution in [2.75, 3.05) is 47.1 Å². The molecule has 0 spiro atoms. The van der Waals surface area contributed by atoms with Crippen LogP contribution in [-0.4, -0.2) is 76.3 Å². The SMILES string of the molecule is COCCCCOc1ccccc1C(=O)NCC(CC(N)C(O)CNC[C@@H](OC)C(C)(C)C)C(C)C.Cl. The van der Waals surface area contributed by atoms with Crippen molar-refractivity contribution in [3.05, 3.63) is 29.8 Å². The van der Waals surface area contributed by atoms with Gasteiger partial charge < -0.3 is 35.7 Å². The summed E-state index contributed by atoms with van der Waals surface area (Å²) in [4.78, 5) is 12.9. The van der Waals surface area contributed by atoms with Gasteiger partial charge in [0.1, 0.15) is 5.75 Å². The van der Waals surface area contributed by atoms with Gasteiger partial charge in [-0.05, 0) is 48.6 Å². The second-order valence-electron chi connectivity index (χ2n) is 11.0. The van der Waals surface area contributed by atoms with Gasteiger partial charge in [-0.3, -0.25) is 4.79 Å². The highest BCUT2D eigenvalue weighted by molar-refractivity contribution is 5.96. The molecule has 1 rings (SSSR count). The van der Waals surface area contributed by atoms with Crippen LogP contribution in [-0.2, 0) is 9.47 Å². The number of rotatable bonds is 18. The summed E-state index contributed by atoms with van der Waals surface area (Å²) >= 11 is 0. The average molecular weight is 546 g/mol. The Kier molecular flexibility index (Phi) is 18.0. The molecule has 0 aliphatic rings.